The Balaban J connectivity index is 3.91. The first-order valence-electron chi connectivity index (χ1n) is 6.21. The molecule has 0 amide bonds. The lowest BCUT2D eigenvalue weighted by Crippen LogP contribution is -2.07. The maximum atomic E-state index is 3.91. The fourth-order valence-electron chi connectivity index (χ4n) is 1.71. The van der Waals surface area contributed by atoms with Crippen LogP contribution in [0.2, 0.25) is 0 Å². The maximum Gasteiger partial charge on any atom is -0.00518 e. The molecule has 0 aromatic carbocycles. The first kappa shape index (κ1) is 14.4. The van der Waals surface area contributed by atoms with Gasteiger partial charge in [-0.3, -0.25) is 0 Å². The molecule has 0 saturated carbocycles. The molecular formula is C14H27N. The molecule has 0 saturated heterocycles. The van der Waals surface area contributed by atoms with Crippen LogP contribution in [0.5, 0.6) is 0 Å². The Bertz CT molecular complexity index is 192. The number of unbranched alkanes of at least 4 members (excludes halogenated alkanes) is 2. The summed E-state index contributed by atoms with van der Waals surface area (Å²) in [4.78, 5) is 0. The minimum absolute atomic E-state index is 1.13. The number of hydrogen-bond acceptors (Lipinski definition) is 1. The number of nitrogens with one attached hydrogen (secondary N) is 1. The number of rotatable bonds is 9. The van der Waals surface area contributed by atoms with Crippen molar-refractivity contribution in [2.24, 2.45) is 0 Å². The zero-order valence-electron chi connectivity index (χ0n) is 10.7. The molecule has 15 heavy (non-hydrogen) atoms. The second-order valence-corrected chi connectivity index (χ2v) is 4.17. The summed E-state index contributed by atoms with van der Waals surface area (Å²) in [6.45, 7) is 9.53. The Morgan fingerprint density at radius 1 is 1.20 bits per heavy atom. The molecule has 1 nitrogen and oxygen atoms in total. The summed E-state index contributed by atoms with van der Waals surface area (Å²) >= 11 is 0. The van der Waals surface area contributed by atoms with Gasteiger partial charge >= 0.3 is 0 Å². The summed E-state index contributed by atoms with van der Waals surface area (Å²) < 4.78 is 0. The van der Waals surface area contributed by atoms with Crippen LogP contribution in [0.15, 0.2) is 23.8 Å². The lowest BCUT2D eigenvalue weighted by molar-refractivity contribution is 0.670. The van der Waals surface area contributed by atoms with E-state index in [0.717, 1.165) is 6.54 Å². The van der Waals surface area contributed by atoms with E-state index in [1.807, 2.05) is 13.1 Å². The van der Waals surface area contributed by atoms with Gasteiger partial charge in [-0.05, 0) is 58.2 Å². The molecule has 1 heteroatoms. The first-order valence-corrected chi connectivity index (χ1v) is 6.21. The predicted octanol–water partition coefficient (Wildman–Crippen LogP) is 4.07. The van der Waals surface area contributed by atoms with E-state index >= 15 is 0 Å². The van der Waals surface area contributed by atoms with Gasteiger partial charge in [0, 0.05) is 0 Å². The molecule has 0 aliphatic heterocycles. The maximum absolute atomic E-state index is 3.91. The normalized spacial score (nSPS) is 12.5. The van der Waals surface area contributed by atoms with E-state index in [1.165, 1.54) is 49.7 Å². The third kappa shape index (κ3) is 7.38. The van der Waals surface area contributed by atoms with Crippen molar-refractivity contribution < 1.29 is 0 Å². The monoisotopic (exact) mass is 209 g/mol. The molecule has 1 N–H and O–H groups in total. The highest BCUT2D eigenvalue weighted by Gasteiger charge is 1.98. The highest BCUT2D eigenvalue weighted by atomic mass is 14.8. The molecule has 88 valence electrons. The van der Waals surface area contributed by atoms with Crippen LogP contribution in [0.25, 0.3) is 0 Å². The minimum atomic E-state index is 1.13. The smallest absolute Gasteiger partial charge is 0.00518 e. The van der Waals surface area contributed by atoms with Crippen LogP contribution >= 0.6 is 0 Å². The summed E-state index contributed by atoms with van der Waals surface area (Å²) in [6, 6.07) is 0. The van der Waals surface area contributed by atoms with Gasteiger partial charge in [0.15, 0.2) is 0 Å². The Morgan fingerprint density at radius 3 is 2.47 bits per heavy atom. The van der Waals surface area contributed by atoms with Crippen molar-refractivity contribution in [1.29, 1.82) is 0 Å². The van der Waals surface area contributed by atoms with E-state index in [1.54, 1.807) is 0 Å². The molecule has 0 aromatic heterocycles. The Hall–Kier alpha value is -0.560. The van der Waals surface area contributed by atoms with E-state index in [4.69, 9.17) is 0 Å². The molecule has 0 fully saturated rings. The van der Waals surface area contributed by atoms with Gasteiger partial charge in [0.2, 0.25) is 0 Å². The van der Waals surface area contributed by atoms with E-state index in [9.17, 15) is 0 Å². The van der Waals surface area contributed by atoms with Gasteiger partial charge in [0.1, 0.15) is 0 Å². The summed E-state index contributed by atoms with van der Waals surface area (Å²) in [5.41, 5.74) is 3.01. The van der Waals surface area contributed by atoms with Crippen molar-refractivity contribution in [2.75, 3.05) is 13.6 Å². The SMILES string of the molecule is C=C/C(CCCC)=C(\C)CCCCNC. The van der Waals surface area contributed by atoms with E-state index in [0.29, 0.717) is 0 Å². The Kier molecular flexibility index (Phi) is 9.60. The molecule has 0 rings (SSSR count). The van der Waals surface area contributed by atoms with Crippen molar-refractivity contribution in [2.45, 2.75) is 52.4 Å². The third-order valence-corrected chi connectivity index (χ3v) is 2.82. The third-order valence-electron chi connectivity index (χ3n) is 2.82. The Labute approximate surface area is 95.7 Å². The number of allylic oxidation sites excluding steroid dienone is 3. The van der Waals surface area contributed by atoms with Gasteiger partial charge in [-0.15, -0.1) is 0 Å². The van der Waals surface area contributed by atoms with Gasteiger partial charge in [-0.1, -0.05) is 31.6 Å². The van der Waals surface area contributed by atoms with Crippen LogP contribution < -0.4 is 5.32 Å². The summed E-state index contributed by atoms with van der Waals surface area (Å²) in [6.07, 6.45) is 9.59. The zero-order valence-corrected chi connectivity index (χ0v) is 10.7. The van der Waals surface area contributed by atoms with Gasteiger partial charge in [0.25, 0.3) is 0 Å². The molecule has 0 spiro atoms. The molecule has 0 unspecified atom stereocenters. The standard InChI is InChI=1S/C14H27N/c1-5-7-11-14(6-2)13(3)10-8-9-12-15-4/h6,15H,2,5,7-12H2,1,3-4H3/b14-13-. The molecule has 0 heterocycles. The lowest BCUT2D eigenvalue weighted by Gasteiger charge is -2.08. The molecule has 0 radical (unpaired) electrons. The fraction of sp³-hybridized carbons (Fsp3) is 0.714. The van der Waals surface area contributed by atoms with Gasteiger partial charge in [-0.25, -0.2) is 0 Å². The largest absolute Gasteiger partial charge is 0.320 e. The van der Waals surface area contributed by atoms with Crippen LogP contribution in [-0.4, -0.2) is 13.6 Å². The van der Waals surface area contributed by atoms with E-state index in [2.05, 4.69) is 25.7 Å². The van der Waals surface area contributed by atoms with Crippen molar-refractivity contribution >= 4 is 0 Å². The number of hydrogen-bond donors (Lipinski definition) is 1. The second kappa shape index (κ2) is 9.97. The van der Waals surface area contributed by atoms with Crippen molar-refractivity contribution in [1.82, 2.24) is 5.32 Å². The van der Waals surface area contributed by atoms with Gasteiger partial charge < -0.3 is 5.32 Å². The highest BCUT2D eigenvalue weighted by molar-refractivity contribution is 5.22. The van der Waals surface area contributed by atoms with Crippen molar-refractivity contribution in [3.05, 3.63) is 23.8 Å². The quantitative estimate of drug-likeness (QED) is 0.446. The fourth-order valence-corrected chi connectivity index (χ4v) is 1.71. The average Bonchev–Trinajstić information content (AvgIpc) is 2.25. The van der Waals surface area contributed by atoms with Crippen LogP contribution in [0, 0.1) is 0 Å². The van der Waals surface area contributed by atoms with Crippen LogP contribution in [0.4, 0.5) is 0 Å². The molecular weight excluding hydrogens is 182 g/mol. The van der Waals surface area contributed by atoms with Crippen LogP contribution in [-0.2, 0) is 0 Å². The molecule has 0 atom stereocenters. The van der Waals surface area contributed by atoms with E-state index < -0.39 is 0 Å². The van der Waals surface area contributed by atoms with Crippen molar-refractivity contribution in [3.8, 4) is 0 Å². The van der Waals surface area contributed by atoms with Gasteiger partial charge in [0.05, 0.1) is 0 Å². The highest BCUT2D eigenvalue weighted by Crippen LogP contribution is 2.18. The molecule has 0 aromatic rings. The zero-order chi connectivity index (χ0) is 11.5. The predicted molar refractivity (Wildman–Crippen MR) is 70.2 cm³/mol. The lowest BCUT2D eigenvalue weighted by atomic mass is 9.99. The molecule has 0 bridgehead atoms. The van der Waals surface area contributed by atoms with Crippen LogP contribution in [0.3, 0.4) is 0 Å². The summed E-state index contributed by atoms with van der Waals surface area (Å²) in [5.74, 6) is 0. The van der Waals surface area contributed by atoms with Gasteiger partial charge in [-0.2, -0.15) is 0 Å². The topological polar surface area (TPSA) is 12.0 Å². The second-order valence-electron chi connectivity index (χ2n) is 4.17. The Morgan fingerprint density at radius 2 is 1.93 bits per heavy atom. The van der Waals surface area contributed by atoms with Crippen LogP contribution in [0.1, 0.15) is 52.4 Å². The summed E-state index contributed by atoms with van der Waals surface area (Å²) in [7, 11) is 2.01. The molecule has 0 aliphatic carbocycles. The average molecular weight is 209 g/mol. The van der Waals surface area contributed by atoms with E-state index in [-0.39, 0.29) is 0 Å². The molecule has 0 aliphatic rings. The summed E-state index contributed by atoms with van der Waals surface area (Å²) in [5, 5.41) is 3.18. The minimum Gasteiger partial charge on any atom is -0.320 e. The van der Waals surface area contributed by atoms with Crippen molar-refractivity contribution in [3.63, 3.8) is 0 Å². The first-order chi connectivity index (χ1) is 7.26.